The first kappa shape index (κ1) is 14.5. The summed E-state index contributed by atoms with van der Waals surface area (Å²) < 4.78 is 5.11. The van der Waals surface area contributed by atoms with Crippen molar-refractivity contribution in [2.75, 3.05) is 12.4 Å². The molecule has 7 heteroatoms. The smallest absolute Gasteiger partial charge is 0.332 e. The second kappa shape index (κ2) is 7.00. The van der Waals surface area contributed by atoms with Crippen molar-refractivity contribution in [1.29, 1.82) is 0 Å². The molecular formula is C12H16N4O3. The Morgan fingerprint density at radius 2 is 2.05 bits per heavy atom. The standard InChI is InChI=1S/C12H16N4O3/c1-8(15-16-12(13)18)7-11(17)14-9-5-3-4-6-10(9)19-2/h3-6H,7H2,1-2H3,(H,14,17)(H3,13,16,18). The van der Waals surface area contributed by atoms with Gasteiger partial charge in [0.2, 0.25) is 5.91 Å². The molecule has 4 N–H and O–H groups in total. The summed E-state index contributed by atoms with van der Waals surface area (Å²) >= 11 is 0. The molecule has 0 fully saturated rings. The fourth-order valence-corrected chi connectivity index (χ4v) is 1.36. The lowest BCUT2D eigenvalue weighted by Crippen LogP contribution is -2.26. The van der Waals surface area contributed by atoms with Gasteiger partial charge in [-0.3, -0.25) is 4.79 Å². The number of rotatable bonds is 5. The van der Waals surface area contributed by atoms with Crippen LogP contribution in [0.15, 0.2) is 29.4 Å². The Balaban J connectivity index is 2.60. The number of carbonyl (C=O) groups is 2. The molecule has 0 saturated heterocycles. The van der Waals surface area contributed by atoms with Crippen molar-refractivity contribution in [3.8, 4) is 5.75 Å². The predicted octanol–water partition coefficient (Wildman–Crippen LogP) is 1.07. The number of benzene rings is 1. The van der Waals surface area contributed by atoms with Crippen molar-refractivity contribution in [3.63, 3.8) is 0 Å². The third-order valence-electron chi connectivity index (χ3n) is 2.15. The molecule has 1 rings (SSSR count). The first-order valence-corrected chi connectivity index (χ1v) is 5.54. The minimum atomic E-state index is -0.774. The van der Waals surface area contributed by atoms with E-state index in [1.807, 2.05) is 0 Å². The van der Waals surface area contributed by atoms with E-state index >= 15 is 0 Å². The summed E-state index contributed by atoms with van der Waals surface area (Å²) in [4.78, 5) is 22.2. The zero-order valence-corrected chi connectivity index (χ0v) is 10.8. The maximum Gasteiger partial charge on any atom is 0.332 e. The summed E-state index contributed by atoms with van der Waals surface area (Å²) in [6, 6.07) is 6.28. The van der Waals surface area contributed by atoms with Crippen molar-refractivity contribution < 1.29 is 14.3 Å². The molecule has 0 heterocycles. The topological polar surface area (TPSA) is 106 Å². The van der Waals surface area contributed by atoms with Gasteiger partial charge >= 0.3 is 6.03 Å². The molecule has 0 bridgehead atoms. The number of primary amides is 1. The van der Waals surface area contributed by atoms with Crippen LogP contribution in [0.3, 0.4) is 0 Å². The number of nitrogens with two attached hydrogens (primary N) is 1. The Morgan fingerprint density at radius 3 is 2.68 bits per heavy atom. The molecule has 0 atom stereocenters. The maximum absolute atomic E-state index is 11.7. The van der Waals surface area contributed by atoms with Crippen LogP contribution in [0.4, 0.5) is 10.5 Å². The molecule has 0 spiro atoms. The normalized spacial score (nSPS) is 10.7. The number of amides is 3. The zero-order chi connectivity index (χ0) is 14.3. The number of urea groups is 1. The Hall–Kier alpha value is -2.57. The van der Waals surface area contributed by atoms with Crippen LogP contribution in [0, 0.1) is 0 Å². The third kappa shape index (κ3) is 5.07. The lowest BCUT2D eigenvalue weighted by atomic mass is 10.2. The zero-order valence-electron chi connectivity index (χ0n) is 10.8. The molecule has 7 nitrogen and oxygen atoms in total. The Kier molecular flexibility index (Phi) is 5.34. The van der Waals surface area contributed by atoms with Crippen LogP contribution >= 0.6 is 0 Å². The highest BCUT2D eigenvalue weighted by atomic mass is 16.5. The van der Waals surface area contributed by atoms with Crippen LogP contribution in [0.5, 0.6) is 5.75 Å². The van der Waals surface area contributed by atoms with Gasteiger partial charge in [0.25, 0.3) is 0 Å². The number of para-hydroxylation sites is 2. The highest BCUT2D eigenvalue weighted by Gasteiger charge is 2.08. The van der Waals surface area contributed by atoms with Crippen molar-refractivity contribution in [2.24, 2.45) is 10.8 Å². The van der Waals surface area contributed by atoms with Gasteiger partial charge in [-0.2, -0.15) is 5.10 Å². The molecule has 0 radical (unpaired) electrons. The van der Waals surface area contributed by atoms with Crippen LogP contribution in [0.1, 0.15) is 13.3 Å². The minimum Gasteiger partial charge on any atom is -0.495 e. The van der Waals surface area contributed by atoms with Crippen LogP contribution in [0.2, 0.25) is 0 Å². The highest BCUT2D eigenvalue weighted by molar-refractivity contribution is 6.06. The van der Waals surface area contributed by atoms with Crippen LogP contribution in [0.25, 0.3) is 0 Å². The molecule has 1 aromatic rings. The van der Waals surface area contributed by atoms with Crippen LogP contribution in [-0.4, -0.2) is 24.8 Å². The number of anilines is 1. The largest absolute Gasteiger partial charge is 0.495 e. The lowest BCUT2D eigenvalue weighted by molar-refractivity contribution is -0.115. The summed E-state index contributed by atoms with van der Waals surface area (Å²) in [6.45, 7) is 1.61. The molecule has 0 aliphatic carbocycles. The summed E-state index contributed by atoms with van der Waals surface area (Å²) in [6.07, 6.45) is 0.0400. The fourth-order valence-electron chi connectivity index (χ4n) is 1.36. The van der Waals surface area contributed by atoms with E-state index in [4.69, 9.17) is 10.5 Å². The van der Waals surface area contributed by atoms with E-state index in [1.54, 1.807) is 31.2 Å². The first-order chi connectivity index (χ1) is 9.02. The van der Waals surface area contributed by atoms with Crippen LogP contribution < -0.4 is 21.2 Å². The van der Waals surface area contributed by atoms with E-state index in [9.17, 15) is 9.59 Å². The van der Waals surface area contributed by atoms with Gasteiger partial charge in [-0.05, 0) is 19.1 Å². The molecular weight excluding hydrogens is 248 g/mol. The highest BCUT2D eigenvalue weighted by Crippen LogP contribution is 2.22. The summed E-state index contributed by atoms with van der Waals surface area (Å²) in [7, 11) is 1.52. The van der Waals surface area contributed by atoms with E-state index < -0.39 is 6.03 Å². The number of carbonyl (C=O) groups excluding carboxylic acids is 2. The lowest BCUT2D eigenvalue weighted by Gasteiger charge is -2.09. The molecule has 0 aliphatic rings. The molecule has 19 heavy (non-hydrogen) atoms. The number of hydrogen-bond donors (Lipinski definition) is 3. The van der Waals surface area contributed by atoms with Crippen LogP contribution in [-0.2, 0) is 4.79 Å². The van der Waals surface area contributed by atoms with Gasteiger partial charge in [0.15, 0.2) is 0 Å². The van der Waals surface area contributed by atoms with Crippen molar-refractivity contribution >= 4 is 23.3 Å². The number of methoxy groups -OCH3 is 1. The fraction of sp³-hybridized carbons (Fsp3) is 0.250. The Morgan fingerprint density at radius 1 is 1.37 bits per heavy atom. The van der Waals surface area contributed by atoms with Gasteiger partial charge in [0, 0.05) is 5.71 Å². The number of nitrogens with zero attached hydrogens (tertiary/aromatic N) is 1. The Bertz CT molecular complexity index is 500. The number of nitrogens with one attached hydrogen (secondary N) is 2. The molecule has 3 amide bonds. The van der Waals surface area contributed by atoms with Gasteiger partial charge in [0.1, 0.15) is 5.75 Å². The summed E-state index contributed by atoms with van der Waals surface area (Å²) in [5.74, 6) is 0.303. The van der Waals surface area contributed by atoms with E-state index in [-0.39, 0.29) is 12.3 Å². The van der Waals surface area contributed by atoms with Gasteiger partial charge in [-0.25, -0.2) is 10.2 Å². The van der Waals surface area contributed by atoms with Gasteiger partial charge in [-0.1, -0.05) is 12.1 Å². The molecule has 0 aromatic heterocycles. The first-order valence-electron chi connectivity index (χ1n) is 5.54. The van der Waals surface area contributed by atoms with Gasteiger partial charge < -0.3 is 15.8 Å². The summed E-state index contributed by atoms with van der Waals surface area (Å²) in [5, 5.41) is 6.34. The quantitative estimate of drug-likeness (QED) is 0.547. The number of hydrazone groups is 1. The Labute approximate surface area is 110 Å². The van der Waals surface area contributed by atoms with E-state index in [0.717, 1.165) is 0 Å². The van der Waals surface area contributed by atoms with Crippen molar-refractivity contribution in [1.82, 2.24) is 5.43 Å². The van der Waals surface area contributed by atoms with Gasteiger partial charge in [0.05, 0.1) is 19.2 Å². The molecule has 0 aliphatic heterocycles. The number of ether oxygens (including phenoxy) is 1. The van der Waals surface area contributed by atoms with Gasteiger partial charge in [-0.15, -0.1) is 0 Å². The monoisotopic (exact) mass is 264 g/mol. The molecule has 0 unspecified atom stereocenters. The van der Waals surface area contributed by atoms with E-state index in [2.05, 4.69) is 15.8 Å². The molecule has 1 aromatic carbocycles. The maximum atomic E-state index is 11.7. The summed E-state index contributed by atoms with van der Waals surface area (Å²) in [5.41, 5.74) is 7.93. The second-order valence-corrected chi connectivity index (χ2v) is 3.75. The minimum absolute atomic E-state index is 0.0400. The van der Waals surface area contributed by atoms with Crippen molar-refractivity contribution in [2.45, 2.75) is 13.3 Å². The van der Waals surface area contributed by atoms with E-state index in [1.165, 1.54) is 7.11 Å². The molecule has 102 valence electrons. The number of hydrogen-bond acceptors (Lipinski definition) is 4. The van der Waals surface area contributed by atoms with E-state index in [0.29, 0.717) is 17.1 Å². The average molecular weight is 264 g/mol. The molecule has 0 saturated carbocycles. The third-order valence-corrected chi connectivity index (χ3v) is 2.15. The van der Waals surface area contributed by atoms with Crippen molar-refractivity contribution in [3.05, 3.63) is 24.3 Å². The SMILES string of the molecule is COc1ccccc1NC(=O)CC(C)=NNC(N)=O. The second-order valence-electron chi connectivity index (χ2n) is 3.75. The predicted molar refractivity (Wildman–Crippen MR) is 72.1 cm³/mol. The average Bonchev–Trinajstić information content (AvgIpc) is 2.37.